The summed E-state index contributed by atoms with van der Waals surface area (Å²) in [6.45, 7) is 0. The minimum absolute atomic E-state index is 0.0275. The molecule has 1 heterocycles. The third kappa shape index (κ3) is 6.96. The van der Waals surface area contributed by atoms with E-state index in [1.165, 1.54) is 17.4 Å². The highest BCUT2D eigenvalue weighted by atomic mass is 35.5. The number of aliphatic imine (C=N–C) groups is 1. The summed E-state index contributed by atoms with van der Waals surface area (Å²) in [6, 6.07) is 13.6. The van der Waals surface area contributed by atoms with Crippen LogP contribution in [0.5, 0.6) is 0 Å². The van der Waals surface area contributed by atoms with Gasteiger partial charge in [0.1, 0.15) is 0 Å². The number of guanidine groups is 1. The molecule has 2 aromatic carbocycles. The molecule has 1 aliphatic carbocycles. The van der Waals surface area contributed by atoms with E-state index >= 15 is 0 Å². The van der Waals surface area contributed by atoms with E-state index in [0.29, 0.717) is 23.0 Å². The summed E-state index contributed by atoms with van der Waals surface area (Å²) >= 11 is 7.54. The first-order valence-electron chi connectivity index (χ1n) is 11.3. The lowest BCUT2D eigenvalue weighted by atomic mass is 9.83. The molecule has 9 heteroatoms. The van der Waals surface area contributed by atoms with Gasteiger partial charge < -0.3 is 5.32 Å². The molecule has 0 radical (unpaired) electrons. The highest BCUT2D eigenvalue weighted by molar-refractivity contribution is 7.12. The van der Waals surface area contributed by atoms with Gasteiger partial charge in [0.15, 0.2) is 17.4 Å². The number of ketones is 1. The Morgan fingerprint density at radius 3 is 2.49 bits per heavy atom. The maximum Gasteiger partial charge on any atom is 0.258 e. The number of amides is 1. The maximum absolute atomic E-state index is 13.6. The summed E-state index contributed by atoms with van der Waals surface area (Å²) in [4.78, 5) is 30.6. The van der Waals surface area contributed by atoms with Crippen molar-refractivity contribution in [2.24, 2.45) is 10.9 Å². The van der Waals surface area contributed by atoms with Gasteiger partial charge in [-0.15, -0.1) is 11.3 Å². The number of carbonyl (C=O) groups excluding carboxylic acids is 2. The number of halogens is 3. The summed E-state index contributed by atoms with van der Waals surface area (Å²) in [6.07, 6.45) is 3.77. The molecule has 1 saturated carbocycles. The summed E-state index contributed by atoms with van der Waals surface area (Å²) in [5, 5.41) is 8.16. The van der Waals surface area contributed by atoms with Crippen LogP contribution < -0.4 is 10.6 Å². The quantitative estimate of drug-likeness (QED) is 0.218. The molecule has 1 fully saturated rings. The van der Waals surface area contributed by atoms with Crippen molar-refractivity contribution in [1.82, 2.24) is 5.32 Å². The second-order valence-electron chi connectivity index (χ2n) is 8.48. The standard InChI is InChI=1S/C26H24ClF2N3O2S/c27-18-3-1-4-20(15-18)31-26(32-25(34)17-8-11-21(28)22(29)14-17)30-19-9-6-16(7-10-19)13-23(33)24-5-2-12-35-24/h1-5,8,11-12,14-16,19H,6-7,9-10,13H2,(H2,30,31,32,34). The zero-order chi connectivity index (χ0) is 24.8. The number of nitrogens with zero attached hydrogens (tertiary/aromatic N) is 1. The highest BCUT2D eigenvalue weighted by Crippen LogP contribution is 2.30. The van der Waals surface area contributed by atoms with Gasteiger partial charge >= 0.3 is 0 Å². The van der Waals surface area contributed by atoms with Crippen molar-refractivity contribution in [3.63, 3.8) is 0 Å². The number of hydrogen-bond acceptors (Lipinski definition) is 4. The topological polar surface area (TPSA) is 70.6 Å². The van der Waals surface area contributed by atoms with E-state index in [9.17, 15) is 18.4 Å². The van der Waals surface area contributed by atoms with Crippen LogP contribution in [-0.2, 0) is 0 Å². The van der Waals surface area contributed by atoms with Crippen LogP contribution >= 0.6 is 22.9 Å². The minimum Gasteiger partial charge on any atom is -0.326 e. The van der Waals surface area contributed by atoms with Gasteiger partial charge in [0, 0.05) is 22.7 Å². The van der Waals surface area contributed by atoms with E-state index in [0.717, 1.165) is 42.7 Å². The van der Waals surface area contributed by atoms with E-state index < -0.39 is 17.5 Å². The molecule has 0 unspecified atom stereocenters. The lowest BCUT2D eigenvalue weighted by Crippen LogP contribution is -2.37. The Bertz CT molecular complexity index is 1230. The lowest BCUT2D eigenvalue weighted by Gasteiger charge is -2.26. The molecule has 4 rings (SSSR count). The van der Waals surface area contributed by atoms with Crippen molar-refractivity contribution in [1.29, 1.82) is 0 Å². The van der Waals surface area contributed by atoms with E-state index in [4.69, 9.17) is 16.6 Å². The number of anilines is 1. The Morgan fingerprint density at radius 2 is 1.80 bits per heavy atom. The Labute approximate surface area is 211 Å². The van der Waals surface area contributed by atoms with Crippen LogP contribution in [0.2, 0.25) is 5.02 Å². The van der Waals surface area contributed by atoms with Crippen LogP contribution in [-0.4, -0.2) is 23.7 Å². The summed E-state index contributed by atoms with van der Waals surface area (Å²) in [5.41, 5.74) is 0.595. The van der Waals surface area contributed by atoms with Gasteiger partial charge in [0.25, 0.3) is 5.91 Å². The third-order valence-electron chi connectivity index (χ3n) is 5.90. The van der Waals surface area contributed by atoms with Crippen molar-refractivity contribution in [3.8, 4) is 0 Å². The van der Waals surface area contributed by atoms with E-state index in [1.54, 1.807) is 24.3 Å². The summed E-state index contributed by atoms with van der Waals surface area (Å²) in [7, 11) is 0. The monoisotopic (exact) mass is 515 g/mol. The van der Waals surface area contributed by atoms with Crippen LogP contribution in [0.4, 0.5) is 14.5 Å². The Hall–Kier alpha value is -3.10. The molecule has 35 heavy (non-hydrogen) atoms. The first-order chi connectivity index (χ1) is 16.9. The van der Waals surface area contributed by atoms with Crippen LogP contribution in [0.15, 0.2) is 65.0 Å². The Kier molecular flexibility index (Phi) is 8.25. The zero-order valence-corrected chi connectivity index (χ0v) is 20.3. The largest absolute Gasteiger partial charge is 0.326 e. The van der Waals surface area contributed by atoms with Crippen molar-refractivity contribution in [2.75, 3.05) is 5.32 Å². The predicted octanol–water partition coefficient (Wildman–Crippen LogP) is 6.71. The average molecular weight is 516 g/mol. The smallest absolute Gasteiger partial charge is 0.258 e. The van der Waals surface area contributed by atoms with Gasteiger partial charge in [0.2, 0.25) is 5.96 Å². The normalized spacial score (nSPS) is 18.2. The SMILES string of the molecule is O=C(NC(=NC1CCC(CC(=O)c2cccs2)CC1)Nc1cccc(Cl)c1)c1ccc(F)c(F)c1. The van der Waals surface area contributed by atoms with Crippen molar-refractivity contribution >= 4 is 46.3 Å². The minimum atomic E-state index is -1.10. The first-order valence-corrected chi connectivity index (χ1v) is 12.6. The molecule has 1 aliphatic rings. The fraction of sp³-hybridized carbons (Fsp3) is 0.269. The summed E-state index contributed by atoms with van der Waals surface area (Å²) in [5.74, 6) is -2.07. The number of nitrogens with one attached hydrogen (secondary N) is 2. The third-order valence-corrected chi connectivity index (χ3v) is 7.05. The van der Waals surface area contributed by atoms with Crippen molar-refractivity contribution in [2.45, 2.75) is 38.1 Å². The van der Waals surface area contributed by atoms with Crippen LogP contribution in [0.1, 0.15) is 52.1 Å². The Morgan fingerprint density at radius 1 is 1.00 bits per heavy atom. The Balaban J connectivity index is 1.44. The van der Waals surface area contributed by atoms with E-state index in [1.807, 2.05) is 17.5 Å². The molecule has 1 amide bonds. The number of benzene rings is 2. The molecule has 0 aliphatic heterocycles. The zero-order valence-electron chi connectivity index (χ0n) is 18.8. The maximum atomic E-state index is 13.6. The van der Waals surface area contributed by atoms with Crippen molar-refractivity contribution in [3.05, 3.63) is 87.1 Å². The van der Waals surface area contributed by atoms with Gasteiger partial charge in [0.05, 0.1) is 10.9 Å². The molecule has 1 aromatic heterocycles. The van der Waals surface area contributed by atoms with Gasteiger partial charge in [-0.3, -0.25) is 14.9 Å². The van der Waals surface area contributed by atoms with Gasteiger partial charge in [-0.1, -0.05) is 23.7 Å². The molecule has 3 aromatic rings. The van der Waals surface area contributed by atoms with Crippen LogP contribution in [0, 0.1) is 17.6 Å². The lowest BCUT2D eigenvalue weighted by molar-refractivity contribution is 0.0948. The van der Waals surface area contributed by atoms with Crippen LogP contribution in [0.3, 0.4) is 0 Å². The molecular formula is C26H24ClF2N3O2S. The number of carbonyl (C=O) groups is 2. The number of hydrogen-bond donors (Lipinski definition) is 2. The number of rotatable bonds is 6. The summed E-state index contributed by atoms with van der Waals surface area (Å²) < 4.78 is 26.9. The first kappa shape index (κ1) is 25.0. The molecular weight excluding hydrogens is 492 g/mol. The second-order valence-corrected chi connectivity index (χ2v) is 9.86. The molecule has 5 nitrogen and oxygen atoms in total. The number of thiophene rings is 1. The van der Waals surface area contributed by atoms with E-state index in [-0.39, 0.29) is 23.3 Å². The van der Waals surface area contributed by atoms with Crippen LogP contribution in [0.25, 0.3) is 0 Å². The molecule has 0 spiro atoms. The predicted molar refractivity (Wildman–Crippen MR) is 135 cm³/mol. The molecule has 0 atom stereocenters. The van der Waals surface area contributed by atoms with Gasteiger partial charge in [-0.05, 0) is 79.4 Å². The average Bonchev–Trinajstić information content (AvgIpc) is 3.37. The molecule has 0 saturated heterocycles. The molecule has 2 N–H and O–H groups in total. The van der Waals surface area contributed by atoms with Gasteiger partial charge in [-0.25, -0.2) is 13.8 Å². The second kappa shape index (κ2) is 11.6. The fourth-order valence-corrected chi connectivity index (χ4v) is 4.94. The molecule has 182 valence electrons. The number of Topliss-reactive ketones (excluding diaryl/α,β-unsaturated/α-hetero) is 1. The fourth-order valence-electron chi connectivity index (χ4n) is 4.08. The van der Waals surface area contributed by atoms with E-state index in [2.05, 4.69) is 10.6 Å². The van der Waals surface area contributed by atoms with Gasteiger partial charge in [-0.2, -0.15) is 0 Å². The van der Waals surface area contributed by atoms with Crippen molar-refractivity contribution < 1.29 is 18.4 Å². The highest BCUT2D eigenvalue weighted by Gasteiger charge is 2.24. The molecule has 0 bridgehead atoms.